The fourth-order valence-electron chi connectivity index (χ4n) is 2.65. The van der Waals surface area contributed by atoms with Crippen molar-refractivity contribution in [1.82, 2.24) is 15.0 Å². The third-order valence-electron chi connectivity index (χ3n) is 4.06. The highest BCUT2D eigenvalue weighted by Crippen LogP contribution is 2.26. The molecule has 0 atom stereocenters. The molecule has 0 fully saturated rings. The topological polar surface area (TPSA) is 59.9 Å². The van der Waals surface area contributed by atoms with Crippen LogP contribution < -0.4 is 10.1 Å². The average Bonchev–Trinajstić information content (AvgIpc) is 2.69. The lowest BCUT2D eigenvalue weighted by Gasteiger charge is -2.12. The first-order valence-corrected chi connectivity index (χ1v) is 8.42. The summed E-state index contributed by atoms with van der Waals surface area (Å²) in [6, 6.07) is 19.6. The van der Waals surface area contributed by atoms with E-state index in [-0.39, 0.29) is 0 Å². The second-order valence-electron chi connectivity index (χ2n) is 5.93. The number of anilines is 1. The van der Waals surface area contributed by atoms with E-state index in [1.54, 1.807) is 12.4 Å². The van der Waals surface area contributed by atoms with Crippen molar-refractivity contribution in [1.29, 1.82) is 0 Å². The van der Waals surface area contributed by atoms with Crippen LogP contribution in [0.5, 0.6) is 11.6 Å². The predicted molar refractivity (Wildman–Crippen MR) is 102 cm³/mol. The molecule has 0 saturated heterocycles. The van der Waals surface area contributed by atoms with E-state index in [1.165, 1.54) is 0 Å². The van der Waals surface area contributed by atoms with Crippen molar-refractivity contribution in [3.05, 3.63) is 84.2 Å². The summed E-state index contributed by atoms with van der Waals surface area (Å²) in [4.78, 5) is 13.4. The van der Waals surface area contributed by atoms with Gasteiger partial charge in [-0.2, -0.15) is 0 Å². The van der Waals surface area contributed by atoms with E-state index in [9.17, 15) is 0 Å². The molecule has 0 unspecified atom stereocenters. The van der Waals surface area contributed by atoms with Crippen LogP contribution in [0, 0.1) is 6.92 Å². The Balaban J connectivity index is 1.53. The highest BCUT2D eigenvalue weighted by molar-refractivity contribution is 5.75. The van der Waals surface area contributed by atoms with Gasteiger partial charge in [-0.25, -0.2) is 9.97 Å². The maximum absolute atomic E-state index is 6.01. The molecule has 0 aliphatic rings. The van der Waals surface area contributed by atoms with E-state index in [1.807, 2.05) is 67.6 Å². The normalized spacial score (nSPS) is 10.7. The molecule has 0 aliphatic carbocycles. The molecular formula is C21H18N4O. The first kappa shape index (κ1) is 16.0. The van der Waals surface area contributed by atoms with Crippen LogP contribution in [0.4, 0.5) is 5.82 Å². The molecule has 4 aromatic rings. The van der Waals surface area contributed by atoms with Gasteiger partial charge in [0.2, 0.25) is 5.88 Å². The number of ether oxygens (including phenoxy) is 1. The number of benzene rings is 2. The number of hydrogen-bond acceptors (Lipinski definition) is 5. The Morgan fingerprint density at radius 2 is 1.69 bits per heavy atom. The molecular weight excluding hydrogens is 324 g/mol. The summed E-state index contributed by atoms with van der Waals surface area (Å²) in [7, 11) is 0. The van der Waals surface area contributed by atoms with Crippen molar-refractivity contribution >= 4 is 16.9 Å². The zero-order chi connectivity index (χ0) is 17.8. The van der Waals surface area contributed by atoms with Gasteiger partial charge in [0.1, 0.15) is 11.6 Å². The molecule has 1 N–H and O–H groups in total. The van der Waals surface area contributed by atoms with E-state index in [0.29, 0.717) is 12.4 Å². The van der Waals surface area contributed by atoms with Gasteiger partial charge in [-0.15, -0.1) is 0 Å². The van der Waals surface area contributed by atoms with Crippen LogP contribution in [0.1, 0.15) is 11.1 Å². The minimum atomic E-state index is 0.544. The van der Waals surface area contributed by atoms with Gasteiger partial charge < -0.3 is 10.1 Å². The second-order valence-corrected chi connectivity index (χ2v) is 5.93. The molecule has 2 aromatic carbocycles. The number of rotatable bonds is 5. The van der Waals surface area contributed by atoms with Crippen LogP contribution in [-0.2, 0) is 6.54 Å². The Kier molecular flexibility index (Phi) is 4.43. The number of hydrogen-bond donors (Lipinski definition) is 1. The predicted octanol–water partition coefficient (Wildman–Crippen LogP) is 4.74. The van der Waals surface area contributed by atoms with Crippen molar-refractivity contribution in [2.24, 2.45) is 0 Å². The average molecular weight is 342 g/mol. The maximum atomic E-state index is 6.01. The zero-order valence-corrected chi connectivity index (χ0v) is 14.4. The number of nitrogens with zero attached hydrogens (tertiary/aromatic N) is 3. The van der Waals surface area contributed by atoms with Crippen molar-refractivity contribution in [2.45, 2.75) is 13.5 Å². The van der Waals surface area contributed by atoms with Gasteiger partial charge >= 0.3 is 0 Å². The molecule has 5 heteroatoms. The van der Waals surface area contributed by atoms with Gasteiger partial charge in [-0.1, -0.05) is 36.4 Å². The Morgan fingerprint density at radius 1 is 0.885 bits per heavy atom. The Morgan fingerprint density at radius 3 is 2.58 bits per heavy atom. The van der Waals surface area contributed by atoms with Gasteiger partial charge in [-0.05, 0) is 36.8 Å². The van der Waals surface area contributed by atoms with Gasteiger partial charge in [0.25, 0.3) is 0 Å². The molecule has 26 heavy (non-hydrogen) atoms. The highest BCUT2D eigenvalue weighted by Gasteiger charge is 2.08. The molecule has 0 spiro atoms. The third-order valence-corrected chi connectivity index (χ3v) is 4.06. The standard InChI is InChI=1S/C21H18N4O/c1-15-7-2-5-11-19(15)26-21-16(8-6-12-22-21)13-24-20-14-23-17-9-3-4-10-18(17)25-20/h2-12,14H,13H2,1H3,(H,24,25). The summed E-state index contributed by atoms with van der Waals surface area (Å²) in [5.74, 6) is 2.11. The van der Waals surface area contributed by atoms with Crippen LogP contribution in [0.3, 0.4) is 0 Å². The maximum Gasteiger partial charge on any atom is 0.224 e. The van der Waals surface area contributed by atoms with E-state index in [0.717, 1.165) is 33.7 Å². The Hall–Kier alpha value is -3.47. The molecule has 4 rings (SSSR count). The first-order chi connectivity index (χ1) is 12.8. The Labute approximate surface area is 151 Å². The minimum Gasteiger partial charge on any atom is -0.438 e. The van der Waals surface area contributed by atoms with E-state index >= 15 is 0 Å². The summed E-state index contributed by atoms with van der Waals surface area (Å²) in [5.41, 5.74) is 3.76. The van der Waals surface area contributed by atoms with E-state index < -0.39 is 0 Å². The van der Waals surface area contributed by atoms with E-state index in [4.69, 9.17) is 4.74 Å². The summed E-state index contributed by atoms with van der Waals surface area (Å²) in [5, 5.41) is 3.30. The fraction of sp³-hybridized carbons (Fsp3) is 0.0952. The molecule has 0 aliphatic heterocycles. The molecule has 0 saturated carbocycles. The van der Waals surface area contributed by atoms with Crippen LogP contribution in [0.25, 0.3) is 11.0 Å². The van der Waals surface area contributed by atoms with Crippen LogP contribution >= 0.6 is 0 Å². The number of pyridine rings is 1. The van der Waals surface area contributed by atoms with Gasteiger partial charge in [0.15, 0.2) is 0 Å². The van der Waals surface area contributed by atoms with Crippen molar-refractivity contribution in [2.75, 3.05) is 5.32 Å². The summed E-state index contributed by atoms with van der Waals surface area (Å²) in [6.45, 7) is 2.56. The summed E-state index contributed by atoms with van der Waals surface area (Å²) in [6.07, 6.45) is 3.47. The van der Waals surface area contributed by atoms with Crippen LogP contribution in [0.2, 0.25) is 0 Å². The summed E-state index contributed by atoms with van der Waals surface area (Å²) < 4.78 is 6.01. The van der Waals surface area contributed by atoms with Crippen molar-refractivity contribution in [3.63, 3.8) is 0 Å². The number of fused-ring (bicyclic) bond motifs is 1. The number of para-hydroxylation sites is 3. The molecule has 0 bridgehead atoms. The lowest BCUT2D eigenvalue weighted by atomic mass is 10.2. The molecule has 0 radical (unpaired) electrons. The Bertz CT molecular complexity index is 1050. The van der Waals surface area contributed by atoms with Crippen LogP contribution in [-0.4, -0.2) is 15.0 Å². The quantitative estimate of drug-likeness (QED) is 0.568. The van der Waals surface area contributed by atoms with Crippen molar-refractivity contribution < 1.29 is 4.74 Å². The largest absolute Gasteiger partial charge is 0.438 e. The molecule has 5 nitrogen and oxygen atoms in total. The van der Waals surface area contributed by atoms with Gasteiger partial charge in [0, 0.05) is 18.3 Å². The van der Waals surface area contributed by atoms with Crippen molar-refractivity contribution in [3.8, 4) is 11.6 Å². The highest BCUT2D eigenvalue weighted by atomic mass is 16.5. The first-order valence-electron chi connectivity index (χ1n) is 8.42. The lowest BCUT2D eigenvalue weighted by Crippen LogP contribution is -2.04. The fourth-order valence-corrected chi connectivity index (χ4v) is 2.65. The molecule has 2 aromatic heterocycles. The van der Waals surface area contributed by atoms with E-state index in [2.05, 4.69) is 20.3 Å². The van der Waals surface area contributed by atoms with Gasteiger partial charge in [0.05, 0.1) is 17.2 Å². The smallest absolute Gasteiger partial charge is 0.224 e. The number of nitrogens with one attached hydrogen (secondary N) is 1. The lowest BCUT2D eigenvalue weighted by molar-refractivity contribution is 0.453. The summed E-state index contributed by atoms with van der Waals surface area (Å²) >= 11 is 0. The number of aromatic nitrogens is 3. The van der Waals surface area contributed by atoms with Gasteiger partial charge in [-0.3, -0.25) is 4.98 Å². The third kappa shape index (κ3) is 3.47. The monoisotopic (exact) mass is 342 g/mol. The second kappa shape index (κ2) is 7.19. The number of aryl methyl sites for hydroxylation is 1. The zero-order valence-electron chi connectivity index (χ0n) is 14.4. The SMILES string of the molecule is Cc1ccccc1Oc1ncccc1CNc1cnc2ccccc2n1. The van der Waals surface area contributed by atoms with Crippen LogP contribution in [0.15, 0.2) is 73.1 Å². The molecule has 2 heterocycles. The molecule has 0 amide bonds. The minimum absolute atomic E-state index is 0.544. The molecule has 128 valence electrons.